The number of amides is 7. The van der Waals surface area contributed by atoms with Gasteiger partial charge in [-0.3, -0.25) is 38.4 Å². The van der Waals surface area contributed by atoms with Crippen molar-refractivity contribution in [1.82, 2.24) is 31.9 Å². The van der Waals surface area contributed by atoms with Crippen LogP contribution in [0.25, 0.3) is 0 Å². The van der Waals surface area contributed by atoms with Crippen LogP contribution < -0.4 is 49.1 Å². The van der Waals surface area contributed by atoms with E-state index in [1.54, 1.807) is 13.8 Å². The highest BCUT2D eigenvalue weighted by Crippen LogP contribution is 2.07. The molecule has 7 amide bonds. The van der Waals surface area contributed by atoms with Crippen LogP contribution in [-0.4, -0.2) is 108 Å². The molecule has 262 valence electrons. The molecule has 0 spiro atoms. The number of carboxylic acids is 1. The van der Waals surface area contributed by atoms with Gasteiger partial charge in [0.25, 0.3) is 0 Å². The summed E-state index contributed by atoms with van der Waals surface area (Å²) in [6.07, 6.45) is 1.24. The highest BCUT2D eigenvalue weighted by Gasteiger charge is 2.30. The molecule has 0 aromatic heterocycles. The lowest BCUT2D eigenvalue weighted by atomic mass is 10.0. The number of carbonyl (C=O) groups excluding carboxylic acids is 7. The second-order valence-corrected chi connectivity index (χ2v) is 11.4. The first-order chi connectivity index (χ1) is 21.5. The van der Waals surface area contributed by atoms with Crippen LogP contribution in [0.1, 0.15) is 59.3 Å². The summed E-state index contributed by atoms with van der Waals surface area (Å²) < 4.78 is 0. The summed E-state index contributed by atoms with van der Waals surface area (Å²) in [4.78, 5) is 97.4. The molecule has 18 nitrogen and oxygen atoms in total. The molecule has 19 heteroatoms. The van der Waals surface area contributed by atoms with Crippen LogP contribution >= 0.6 is 12.6 Å². The van der Waals surface area contributed by atoms with Crippen LogP contribution in [-0.2, 0) is 38.4 Å². The average molecular weight is 676 g/mol. The highest BCUT2D eigenvalue weighted by atomic mass is 32.1. The van der Waals surface area contributed by atoms with E-state index >= 15 is 0 Å². The lowest BCUT2D eigenvalue weighted by Gasteiger charge is -2.25. The van der Waals surface area contributed by atoms with Gasteiger partial charge in [0, 0.05) is 12.2 Å². The number of carbonyl (C=O) groups is 8. The summed E-state index contributed by atoms with van der Waals surface area (Å²) in [5, 5.41) is 23.5. The number of rotatable bonds is 23. The molecule has 0 saturated heterocycles. The molecule has 0 rings (SSSR count). The van der Waals surface area contributed by atoms with Gasteiger partial charge in [0.15, 0.2) is 0 Å². The van der Waals surface area contributed by atoms with Crippen LogP contribution in [0, 0.1) is 5.92 Å². The topological polar surface area (TPSA) is 307 Å². The van der Waals surface area contributed by atoms with Crippen LogP contribution in [0.5, 0.6) is 0 Å². The van der Waals surface area contributed by atoms with Crippen molar-refractivity contribution in [3.8, 4) is 0 Å². The zero-order valence-corrected chi connectivity index (χ0v) is 27.3. The SMILES string of the molecule is CC(C)C[C@H](NC(=O)CNC(=O)CNC(=O)[C@@H](N)CCC(N)=O)C(=O)N[C@@H](CS)C(=O)N[C@@H](CCCCN)C(=O)N[C@@H](C)C(=O)O. The van der Waals surface area contributed by atoms with Crippen molar-refractivity contribution in [1.29, 1.82) is 0 Å². The number of carboxylic acid groups (broad SMARTS) is 1. The maximum atomic E-state index is 13.1. The third-order valence-electron chi connectivity index (χ3n) is 6.39. The summed E-state index contributed by atoms with van der Waals surface area (Å²) >= 11 is 4.14. The van der Waals surface area contributed by atoms with Crippen molar-refractivity contribution in [3.63, 3.8) is 0 Å². The first-order valence-corrected chi connectivity index (χ1v) is 15.5. The number of nitrogens with one attached hydrogen (secondary N) is 6. The van der Waals surface area contributed by atoms with E-state index in [1.807, 2.05) is 0 Å². The minimum Gasteiger partial charge on any atom is -0.480 e. The monoisotopic (exact) mass is 675 g/mol. The molecule has 0 saturated carbocycles. The van der Waals surface area contributed by atoms with Crippen molar-refractivity contribution in [2.45, 2.75) is 89.5 Å². The second kappa shape index (κ2) is 22.5. The number of unbranched alkanes of at least 4 members (excludes halogenated alkanes) is 1. The van der Waals surface area contributed by atoms with E-state index < -0.39 is 90.6 Å². The fourth-order valence-electron chi connectivity index (χ4n) is 3.79. The Labute approximate surface area is 273 Å². The largest absolute Gasteiger partial charge is 0.480 e. The fraction of sp³-hybridized carbons (Fsp3) is 0.704. The highest BCUT2D eigenvalue weighted by molar-refractivity contribution is 7.80. The number of nitrogens with two attached hydrogens (primary N) is 3. The Morgan fingerprint density at radius 1 is 0.717 bits per heavy atom. The second-order valence-electron chi connectivity index (χ2n) is 11.0. The normalized spacial score (nSPS) is 14.1. The quantitative estimate of drug-likeness (QED) is 0.0366. The Balaban J connectivity index is 5.24. The van der Waals surface area contributed by atoms with Gasteiger partial charge in [-0.25, -0.2) is 0 Å². The number of primary amides is 1. The van der Waals surface area contributed by atoms with E-state index in [0.717, 1.165) is 0 Å². The number of hydrogen-bond donors (Lipinski definition) is 11. The van der Waals surface area contributed by atoms with Gasteiger partial charge in [-0.2, -0.15) is 12.6 Å². The Morgan fingerprint density at radius 2 is 1.28 bits per heavy atom. The number of thiol groups is 1. The molecule has 13 N–H and O–H groups in total. The third-order valence-corrected chi connectivity index (χ3v) is 6.76. The molecule has 0 bridgehead atoms. The first kappa shape index (κ1) is 42.0. The molecule has 46 heavy (non-hydrogen) atoms. The van der Waals surface area contributed by atoms with Gasteiger partial charge >= 0.3 is 5.97 Å². The van der Waals surface area contributed by atoms with Gasteiger partial charge in [-0.1, -0.05) is 13.8 Å². The molecule has 0 aliphatic heterocycles. The maximum absolute atomic E-state index is 13.1. The Hall–Kier alpha value is -3.97. The fourth-order valence-corrected chi connectivity index (χ4v) is 4.05. The van der Waals surface area contributed by atoms with Crippen LogP contribution in [0.4, 0.5) is 0 Å². The van der Waals surface area contributed by atoms with Gasteiger partial charge in [-0.15, -0.1) is 0 Å². The van der Waals surface area contributed by atoms with Crippen molar-refractivity contribution < 1.29 is 43.5 Å². The Bertz CT molecular complexity index is 1080. The smallest absolute Gasteiger partial charge is 0.325 e. The predicted molar refractivity (Wildman–Crippen MR) is 170 cm³/mol. The van der Waals surface area contributed by atoms with Gasteiger partial charge < -0.3 is 54.2 Å². The minimum atomic E-state index is -1.26. The molecule has 0 aliphatic rings. The van der Waals surface area contributed by atoms with E-state index in [1.165, 1.54) is 6.92 Å². The molecule has 0 fully saturated rings. The maximum Gasteiger partial charge on any atom is 0.325 e. The predicted octanol–water partition coefficient (Wildman–Crippen LogP) is -4.04. The van der Waals surface area contributed by atoms with Crippen molar-refractivity contribution in [2.24, 2.45) is 23.1 Å². The molecule has 0 radical (unpaired) electrons. The Kier molecular flexibility index (Phi) is 20.6. The van der Waals surface area contributed by atoms with E-state index in [9.17, 15) is 38.4 Å². The van der Waals surface area contributed by atoms with Gasteiger partial charge in [-0.05, 0) is 51.5 Å². The van der Waals surface area contributed by atoms with E-state index in [4.69, 9.17) is 22.3 Å². The van der Waals surface area contributed by atoms with Crippen LogP contribution in [0.15, 0.2) is 0 Å². The summed E-state index contributed by atoms with van der Waals surface area (Å²) in [7, 11) is 0. The molecular weight excluding hydrogens is 626 g/mol. The molecule has 0 heterocycles. The summed E-state index contributed by atoms with van der Waals surface area (Å²) in [5.41, 5.74) is 16.2. The van der Waals surface area contributed by atoms with E-state index in [-0.39, 0.29) is 37.4 Å². The number of hydrogen-bond acceptors (Lipinski definition) is 11. The lowest BCUT2D eigenvalue weighted by molar-refractivity contribution is -0.141. The Morgan fingerprint density at radius 3 is 1.83 bits per heavy atom. The van der Waals surface area contributed by atoms with Crippen LogP contribution in [0.3, 0.4) is 0 Å². The van der Waals surface area contributed by atoms with Crippen molar-refractivity contribution >= 4 is 59.9 Å². The van der Waals surface area contributed by atoms with E-state index in [2.05, 4.69) is 44.5 Å². The molecule has 0 aromatic rings. The third kappa shape index (κ3) is 18.1. The molecular formula is C27H49N9O9S. The molecule has 0 aromatic carbocycles. The molecule has 5 atom stereocenters. The lowest BCUT2D eigenvalue weighted by Crippen LogP contribution is -2.58. The summed E-state index contributed by atoms with van der Waals surface area (Å²) in [6, 6.07) is -5.69. The van der Waals surface area contributed by atoms with E-state index in [0.29, 0.717) is 19.4 Å². The molecule has 0 unspecified atom stereocenters. The van der Waals surface area contributed by atoms with Gasteiger partial charge in [0.1, 0.15) is 24.2 Å². The zero-order valence-electron chi connectivity index (χ0n) is 26.4. The van der Waals surface area contributed by atoms with Crippen molar-refractivity contribution in [2.75, 3.05) is 25.4 Å². The zero-order chi connectivity index (χ0) is 35.4. The minimum absolute atomic E-state index is 0.00297. The first-order valence-electron chi connectivity index (χ1n) is 14.8. The number of aliphatic carboxylic acids is 1. The van der Waals surface area contributed by atoms with Crippen molar-refractivity contribution in [3.05, 3.63) is 0 Å². The standard InChI is InChI=1S/C27H49N9O9S/c1-14(2)10-18(34-22(39)12-31-21(38)11-32-23(40)16(29)7-8-20(30)37)25(42)36-19(13-46)26(43)35-17(6-4-5-9-28)24(41)33-15(3)27(44)45/h14-19,46H,4-13,28-29H2,1-3H3,(H2,30,37)(H,31,38)(H,32,40)(H,33,41)(H,34,39)(H,35,43)(H,36,42)(H,44,45)/t15-,16-,17-,18-,19-/m0/s1. The summed E-state index contributed by atoms with van der Waals surface area (Å²) in [6.45, 7) is 4.20. The van der Waals surface area contributed by atoms with Gasteiger partial charge in [0.05, 0.1) is 19.1 Å². The summed E-state index contributed by atoms with van der Waals surface area (Å²) in [5.74, 6) is -6.45. The molecule has 0 aliphatic carbocycles. The average Bonchev–Trinajstić information content (AvgIpc) is 2.98. The van der Waals surface area contributed by atoms with Gasteiger partial charge in [0.2, 0.25) is 41.4 Å². The van der Waals surface area contributed by atoms with Crippen LogP contribution in [0.2, 0.25) is 0 Å².